The standard InChI is InChI=1S/C22H20BrNO2/c1-13-9-15(10-14(2)22(13)23)24-20-7-5-16(25-3)11-18(20)19-12-17(26-4)6-8-21(19)24/h5-12H,1-4H3. The van der Waals surface area contributed by atoms with E-state index in [1.54, 1.807) is 14.2 Å². The van der Waals surface area contributed by atoms with Gasteiger partial charge in [-0.1, -0.05) is 15.9 Å². The molecule has 1 heterocycles. The van der Waals surface area contributed by atoms with E-state index in [4.69, 9.17) is 9.47 Å². The van der Waals surface area contributed by atoms with Crippen LogP contribution >= 0.6 is 15.9 Å². The molecule has 26 heavy (non-hydrogen) atoms. The molecule has 0 aliphatic heterocycles. The molecule has 0 bridgehead atoms. The number of halogens is 1. The quantitative estimate of drug-likeness (QED) is 0.403. The molecule has 0 atom stereocenters. The van der Waals surface area contributed by atoms with Crippen molar-refractivity contribution in [1.29, 1.82) is 0 Å². The SMILES string of the molecule is COc1ccc2c(c1)c1cc(OC)ccc1n2-c1cc(C)c(Br)c(C)c1. The predicted octanol–water partition coefficient (Wildman–Crippen LogP) is 6.18. The topological polar surface area (TPSA) is 23.4 Å². The molecule has 3 aromatic carbocycles. The van der Waals surface area contributed by atoms with Crippen LogP contribution in [0.2, 0.25) is 0 Å². The van der Waals surface area contributed by atoms with Gasteiger partial charge < -0.3 is 14.0 Å². The highest BCUT2D eigenvalue weighted by Crippen LogP contribution is 2.37. The first-order valence-electron chi connectivity index (χ1n) is 8.47. The van der Waals surface area contributed by atoms with Gasteiger partial charge in [-0.05, 0) is 73.5 Å². The van der Waals surface area contributed by atoms with Crippen LogP contribution in [0.1, 0.15) is 11.1 Å². The lowest BCUT2D eigenvalue weighted by molar-refractivity contribution is 0.415. The van der Waals surface area contributed by atoms with E-state index in [1.165, 1.54) is 11.1 Å². The Kier molecular flexibility index (Phi) is 4.16. The summed E-state index contributed by atoms with van der Waals surface area (Å²) in [6.07, 6.45) is 0. The molecule has 0 saturated heterocycles. The molecule has 132 valence electrons. The van der Waals surface area contributed by atoms with Crippen LogP contribution in [0.4, 0.5) is 0 Å². The average molecular weight is 410 g/mol. The molecule has 4 rings (SSSR count). The van der Waals surface area contributed by atoms with Gasteiger partial charge in [-0.25, -0.2) is 0 Å². The van der Waals surface area contributed by atoms with Crippen molar-refractivity contribution < 1.29 is 9.47 Å². The zero-order chi connectivity index (χ0) is 18.4. The minimum Gasteiger partial charge on any atom is -0.497 e. The first-order valence-corrected chi connectivity index (χ1v) is 9.26. The van der Waals surface area contributed by atoms with Crippen molar-refractivity contribution in [3.63, 3.8) is 0 Å². The summed E-state index contributed by atoms with van der Waals surface area (Å²) in [5.41, 5.74) is 5.89. The Balaban J connectivity index is 2.13. The molecule has 0 N–H and O–H groups in total. The molecule has 1 aromatic heterocycles. The number of ether oxygens (including phenoxy) is 2. The smallest absolute Gasteiger partial charge is 0.119 e. The van der Waals surface area contributed by atoms with E-state index >= 15 is 0 Å². The van der Waals surface area contributed by atoms with Crippen molar-refractivity contribution in [2.45, 2.75) is 13.8 Å². The van der Waals surface area contributed by atoms with Gasteiger partial charge in [-0.3, -0.25) is 0 Å². The Morgan fingerprint density at radius 1 is 0.731 bits per heavy atom. The highest BCUT2D eigenvalue weighted by Gasteiger charge is 2.15. The van der Waals surface area contributed by atoms with Crippen LogP contribution in [0, 0.1) is 13.8 Å². The largest absolute Gasteiger partial charge is 0.497 e. The van der Waals surface area contributed by atoms with Crippen LogP contribution in [0.5, 0.6) is 11.5 Å². The van der Waals surface area contributed by atoms with Gasteiger partial charge in [0.25, 0.3) is 0 Å². The fourth-order valence-electron chi connectivity index (χ4n) is 3.57. The first-order chi connectivity index (χ1) is 12.5. The van der Waals surface area contributed by atoms with E-state index in [9.17, 15) is 0 Å². The molecule has 0 aliphatic carbocycles. The molecule has 4 aromatic rings. The molecule has 0 fully saturated rings. The van der Waals surface area contributed by atoms with Crippen LogP contribution in [-0.4, -0.2) is 18.8 Å². The summed E-state index contributed by atoms with van der Waals surface area (Å²) < 4.78 is 14.4. The number of hydrogen-bond acceptors (Lipinski definition) is 2. The van der Waals surface area contributed by atoms with Crippen molar-refractivity contribution in [3.05, 3.63) is 64.1 Å². The molecule has 0 unspecified atom stereocenters. The number of hydrogen-bond donors (Lipinski definition) is 0. The third-order valence-corrected chi connectivity index (χ3v) is 6.11. The third-order valence-electron chi connectivity index (χ3n) is 4.86. The first kappa shape index (κ1) is 17.0. The number of aryl methyl sites for hydroxylation is 2. The van der Waals surface area contributed by atoms with E-state index in [1.807, 2.05) is 12.1 Å². The molecule has 3 nitrogen and oxygen atoms in total. The number of benzene rings is 3. The van der Waals surface area contributed by atoms with Crippen LogP contribution in [0.15, 0.2) is 53.0 Å². The van der Waals surface area contributed by atoms with E-state index < -0.39 is 0 Å². The van der Waals surface area contributed by atoms with Gasteiger partial charge in [-0.2, -0.15) is 0 Å². The van der Waals surface area contributed by atoms with Crippen molar-refractivity contribution in [2.75, 3.05) is 14.2 Å². The van der Waals surface area contributed by atoms with Crippen molar-refractivity contribution in [2.24, 2.45) is 0 Å². The minimum atomic E-state index is 0.850. The monoisotopic (exact) mass is 409 g/mol. The van der Waals surface area contributed by atoms with Gasteiger partial charge >= 0.3 is 0 Å². The summed E-state index contributed by atoms with van der Waals surface area (Å²) in [5, 5.41) is 2.30. The predicted molar refractivity (Wildman–Crippen MR) is 111 cm³/mol. The highest BCUT2D eigenvalue weighted by molar-refractivity contribution is 9.10. The second kappa shape index (κ2) is 6.36. The van der Waals surface area contributed by atoms with Gasteiger partial charge in [0.15, 0.2) is 0 Å². The van der Waals surface area contributed by atoms with Gasteiger partial charge in [0, 0.05) is 20.9 Å². The maximum absolute atomic E-state index is 5.45. The lowest BCUT2D eigenvalue weighted by atomic mass is 10.1. The van der Waals surface area contributed by atoms with E-state index in [-0.39, 0.29) is 0 Å². The van der Waals surface area contributed by atoms with Crippen LogP contribution in [0.3, 0.4) is 0 Å². The molecular weight excluding hydrogens is 390 g/mol. The molecule has 0 amide bonds. The van der Waals surface area contributed by atoms with E-state index in [0.717, 1.165) is 43.5 Å². The zero-order valence-corrected chi connectivity index (χ0v) is 16.8. The Hall–Kier alpha value is -2.46. The van der Waals surface area contributed by atoms with Crippen LogP contribution < -0.4 is 9.47 Å². The summed E-state index contributed by atoms with van der Waals surface area (Å²) in [6, 6.07) is 16.9. The number of rotatable bonds is 3. The number of fused-ring (bicyclic) bond motifs is 3. The van der Waals surface area contributed by atoms with Crippen LogP contribution in [-0.2, 0) is 0 Å². The fourth-order valence-corrected chi connectivity index (χ4v) is 3.79. The van der Waals surface area contributed by atoms with Crippen molar-refractivity contribution in [3.8, 4) is 17.2 Å². The lowest BCUT2D eigenvalue weighted by Gasteiger charge is -2.12. The second-order valence-corrected chi connectivity index (χ2v) is 7.29. The van der Waals surface area contributed by atoms with Gasteiger partial charge in [-0.15, -0.1) is 0 Å². The normalized spacial score (nSPS) is 11.3. The highest BCUT2D eigenvalue weighted by atomic mass is 79.9. The average Bonchev–Trinajstić information content (AvgIpc) is 2.98. The number of nitrogens with zero attached hydrogens (tertiary/aromatic N) is 1. The maximum atomic E-state index is 5.45. The summed E-state index contributed by atoms with van der Waals surface area (Å²) in [4.78, 5) is 0. The Bertz CT molecular complexity index is 1060. The molecular formula is C22H20BrNO2. The third kappa shape index (κ3) is 2.56. The van der Waals surface area contributed by atoms with Crippen LogP contribution in [0.25, 0.3) is 27.5 Å². The molecule has 0 radical (unpaired) electrons. The molecule has 4 heteroatoms. The molecule has 0 aliphatic rings. The summed E-state index contributed by atoms with van der Waals surface area (Å²) in [5.74, 6) is 1.70. The number of methoxy groups -OCH3 is 2. The van der Waals surface area contributed by atoms with E-state index in [0.29, 0.717) is 0 Å². The molecule has 0 spiro atoms. The van der Waals surface area contributed by atoms with Crippen molar-refractivity contribution >= 4 is 37.7 Å². The Morgan fingerprint density at radius 3 is 1.62 bits per heavy atom. The number of aromatic nitrogens is 1. The molecule has 0 saturated carbocycles. The Morgan fingerprint density at radius 2 is 1.19 bits per heavy atom. The Labute approximate surface area is 161 Å². The lowest BCUT2D eigenvalue weighted by Crippen LogP contribution is -1.96. The second-order valence-electron chi connectivity index (χ2n) is 6.50. The maximum Gasteiger partial charge on any atom is 0.119 e. The fraction of sp³-hybridized carbons (Fsp3) is 0.182. The van der Waals surface area contributed by atoms with Gasteiger partial charge in [0.2, 0.25) is 0 Å². The summed E-state index contributed by atoms with van der Waals surface area (Å²) in [7, 11) is 3.39. The minimum absolute atomic E-state index is 0.850. The zero-order valence-electron chi connectivity index (χ0n) is 15.3. The summed E-state index contributed by atoms with van der Waals surface area (Å²) >= 11 is 3.67. The van der Waals surface area contributed by atoms with Crippen molar-refractivity contribution in [1.82, 2.24) is 4.57 Å². The van der Waals surface area contributed by atoms with Gasteiger partial charge in [0.05, 0.1) is 25.3 Å². The van der Waals surface area contributed by atoms with Gasteiger partial charge in [0.1, 0.15) is 11.5 Å². The summed E-state index contributed by atoms with van der Waals surface area (Å²) in [6.45, 7) is 4.25. The van der Waals surface area contributed by atoms with E-state index in [2.05, 4.69) is 70.7 Å².